The molecule has 0 amide bonds. The molecule has 0 aliphatic heterocycles. The monoisotopic (exact) mass is 972 g/mol. The summed E-state index contributed by atoms with van der Waals surface area (Å²) in [6.07, 6.45) is 8.67. The predicted octanol–water partition coefficient (Wildman–Crippen LogP) is 16.5. The van der Waals surface area contributed by atoms with E-state index in [0.29, 0.717) is 45.8 Å². The molecule has 7 aromatic carbocycles. The van der Waals surface area contributed by atoms with E-state index in [4.69, 9.17) is 39.9 Å². The first-order valence-electron chi connectivity index (χ1n) is 25.6. The summed E-state index contributed by atoms with van der Waals surface area (Å²) in [6.45, 7) is 0. The van der Waals surface area contributed by atoms with Crippen molar-refractivity contribution in [3.63, 3.8) is 0 Å². The van der Waals surface area contributed by atoms with Gasteiger partial charge in [0.05, 0.1) is 45.2 Å². The molecule has 13 aromatic rings. The van der Waals surface area contributed by atoms with Crippen molar-refractivity contribution in [2.24, 2.45) is 0 Å². The third kappa shape index (κ3) is 8.15. The van der Waals surface area contributed by atoms with Crippen molar-refractivity contribution < 1.29 is 0 Å². The summed E-state index contributed by atoms with van der Waals surface area (Å²) in [5.74, 6) is 1.17. The molecule has 14 rings (SSSR count). The molecule has 0 unspecified atom stereocenters. The van der Waals surface area contributed by atoms with Crippen molar-refractivity contribution in [1.82, 2.24) is 39.9 Å². The normalized spacial score (nSPS) is 12.4. The molecule has 6 aromatic heterocycles. The number of hydrogen-bond donors (Lipinski definition) is 0. The van der Waals surface area contributed by atoms with E-state index in [1.54, 1.807) is 0 Å². The summed E-state index contributed by atoms with van der Waals surface area (Å²) in [6, 6.07) is 76.6. The van der Waals surface area contributed by atoms with Crippen LogP contribution < -0.4 is 0 Å². The second-order valence-electron chi connectivity index (χ2n) is 18.9. The molecule has 0 spiro atoms. The van der Waals surface area contributed by atoms with Gasteiger partial charge < -0.3 is 0 Å². The lowest BCUT2D eigenvalue weighted by Gasteiger charge is -2.16. The van der Waals surface area contributed by atoms with Gasteiger partial charge in [-0.2, -0.15) is 0 Å². The Balaban J connectivity index is 0.949. The fourth-order valence-electron chi connectivity index (χ4n) is 10.4. The van der Waals surface area contributed by atoms with Gasteiger partial charge in [-0.15, -0.1) is 0 Å². The number of hydrogen-bond acceptors (Lipinski definition) is 8. The van der Waals surface area contributed by atoms with Crippen molar-refractivity contribution in [3.05, 3.63) is 248 Å². The molecule has 76 heavy (non-hydrogen) atoms. The Labute approximate surface area is 438 Å². The Hall–Kier alpha value is -10.2. The molecule has 0 N–H and O–H groups in total. The minimum absolute atomic E-state index is 0.581. The minimum Gasteiger partial charge on any atom is -0.245 e. The van der Waals surface area contributed by atoms with Gasteiger partial charge in [-0.25, -0.2) is 39.9 Å². The smallest absolute Gasteiger partial charge is 0.160 e. The summed E-state index contributed by atoms with van der Waals surface area (Å²) in [5, 5.41) is 3.70. The zero-order chi connectivity index (χ0) is 50.4. The van der Waals surface area contributed by atoms with Gasteiger partial charge in [-0.3, -0.25) is 0 Å². The van der Waals surface area contributed by atoms with Crippen LogP contribution >= 0.6 is 0 Å². The minimum atomic E-state index is 0.581. The lowest BCUT2D eigenvalue weighted by Crippen LogP contribution is -2.01. The van der Waals surface area contributed by atoms with E-state index in [1.807, 2.05) is 121 Å². The number of aromatic nitrogens is 8. The second-order valence-corrected chi connectivity index (χ2v) is 18.9. The summed E-state index contributed by atoms with van der Waals surface area (Å²) >= 11 is 0. The maximum absolute atomic E-state index is 5.43. The van der Waals surface area contributed by atoms with Gasteiger partial charge in [0.25, 0.3) is 0 Å². The quantitative estimate of drug-likeness (QED) is 0.132. The Morgan fingerprint density at radius 3 is 1.12 bits per heavy atom. The van der Waals surface area contributed by atoms with Crippen molar-refractivity contribution in [2.75, 3.05) is 0 Å². The van der Waals surface area contributed by atoms with Crippen LogP contribution in [0.1, 0.15) is 18.5 Å². The first-order chi connectivity index (χ1) is 37.7. The van der Waals surface area contributed by atoms with Gasteiger partial charge >= 0.3 is 0 Å². The molecule has 1 aliphatic rings. The molecule has 1 aliphatic carbocycles. The van der Waals surface area contributed by atoms with E-state index in [0.717, 1.165) is 112 Å². The molecular formula is C68H44N8. The van der Waals surface area contributed by atoms with Gasteiger partial charge in [-0.05, 0) is 89.2 Å². The zero-order valence-electron chi connectivity index (χ0n) is 41.1. The first kappa shape index (κ1) is 44.5. The fraction of sp³-hybridized carbons (Fsp3) is 0.0294. The van der Waals surface area contributed by atoms with Crippen LogP contribution in [-0.4, -0.2) is 39.9 Å². The molecule has 0 saturated carbocycles. The van der Waals surface area contributed by atoms with E-state index >= 15 is 0 Å². The second kappa shape index (κ2) is 19.0. The van der Waals surface area contributed by atoms with Gasteiger partial charge in [0.1, 0.15) is 22.4 Å². The summed E-state index contributed by atoms with van der Waals surface area (Å²) < 4.78 is 0. The highest BCUT2D eigenvalue weighted by atomic mass is 14.9. The highest BCUT2D eigenvalue weighted by molar-refractivity contribution is 6.14. The lowest BCUT2D eigenvalue weighted by atomic mass is 9.95. The molecule has 0 radical (unpaired) electrons. The number of rotatable bonds is 9. The van der Waals surface area contributed by atoms with Crippen molar-refractivity contribution in [2.45, 2.75) is 12.8 Å². The average Bonchev–Trinajstić information content (AvgIpc) is 3.61. The van der Waals surface area contributed by atoms with Crippen molar-refractivity contribution in [1.29, 1.82) is 0 Å². The van der Waals surface area contributed by atoms with E-state index in [2.05, 4.69) is 121 Å². The average molecular weight is 973 g/mol. The predicted molar refractivity (Wildman–Crippen MR) is 309 cm³/mol. The van der Waals surface area contributed by atoms with E-state index in [-0.39, 0.29) is 0 Å². The highest BCUT2D eigenvalue weighted by Crippen LogP contribution is 2.41. The maximum Gasteiger partial charge on any atom is 0.160 e. The molecule has 0 atom stereocenters. The molecule has 0 fully saturated rings. The van der Waals surface area contributed by atoms with Gasteiger partial charge in [0.15, 0.2) is 11.6 Å². The number of nitrogens with zero attached hydrogens (tertiary/aromatic N) is 8. The Morgan fingerprint density at radius 2 is 0.658 bits per heavy atom. The number of benzene rings is 7. The van der Waals surface area contributed by atoms with Crippen LogP contribution in [-0.2, 0) is 0 Å². The molecular weight excluding hydrogens is 929 g/mol. The topological polar surface area (TPSA) is 103 Å². The zero-order valence-corrected chi connectivity index (χ0v) is 41.1. The van der Waals surface area contributed by atoms with E-state index in [1.165, 1.54) is 0 Å². The Morgan fingerprint density at radius 1 is 0.263 bits per heavy atom. The molecule has 8 nitrogen and oxygen atoms in total. The number of fused-ring (bicyclic) bond motifs is 6. The summed E-state index contributed by atoms with van der Waals surface area (Å²) in [5.41, 5.74) is 17.3. The first-order valence-corrected chi connectivity index (χ1v) is 25.6. The van der Waals surface area contributed by atoms with Crippen LogP contribution in [0.2, 0.25) is 0 Å². The molecule has 8 heteroatoms. The van der Waals surface area contributed by atoms with Crippen LogP contribution in [0.3, 0.4) is 0 Å². The molecule has 0 saturated heterocycles. The summed E-state index contributed by atoms with van der Waals surface area (Å²) in [7, 11) is 0. The Kier molecular flexibility index (Phi) is 11.1. The van der Waals surface area contributed by atoms with Gasteiger partial charge in [0, 0.05) is 38.2 Å². The van der Waals surface area contributed by atoms with Crippen molar-refractivity contribution >= 4 is 49.2 Å². The number of pyridine rings is 4. The third-order valence-electron chi connectivity index (χ3n) is 14.1. The van der Waals surface area contributed by atoms with Gasteiger partial charge in [0.2, 0.25) is 0 Å². The van der Waals surface area contributed by atoms with Crippen molar-refractivity contribution in [3.8, 4) is 90.5 Å². The van der Waals surface area contributed by atoms with Crippen LogP contribution in [0.5, 0.6) is 0 Å². The van der Waals surface area contributed by atoms with Gasteiger partial charge in [-0.1, -0.05) is 194 Å². The number of allylic oxidation sites excluding steroid dienone is 4. The molecule has 356 valence electrons. The fourth-order valence-corrected chi connectivity index (χ4v) is 10.4. The third-order valence-corrected chi connectivity index (χ3v) is 14.1. The van der Waals surface area contributed by atoms with Crippen LogP contribution in [0.25, 0.3) is 140 Å². The SMILES string of the molecule is C1=CC(c2cc(-c3ccccc3)c3ccc4c(-c5cccc(-c6cccc(-c7nc(-c8ccccc8)nc8c7ccc7c(-c9ccccc9)cc(-c9ccccc9)nc78)n6)n5)nc(-c5ccccc5)nc4c3n2)=CCC1. The maximum atomic E-state index is 5.43. The lowest BCUT2D eigenvalue weighted by molar-refractivity contribution is 1.04. The highest BCUT2D eigenvalue weighted by Gasteiger charge is 2.22. The Bertz CT molecular complexity index is 4430. The van der Waals surface area contributed by atoms with E-state index in [9.17, 15) is 0 Å². The standard InChI is InChI=1S/C68H44N8/c1-7-21-43(22-8-1)53-41-59(45-25-11-3-12-26-45)71-63-49(53)37-39-51-61(73-67(75-65(51)63)47-29-15-5-16-30-47)57-35-19-33-55(69-57)56-34-20-36-58(70-56)62-52-40-38-50-54(44-23-9-2-10-24-44)42-60(46-27-13-4-14-28-46)72-64(50)66(52)76-68(74-62)48-31-17-6-18-32-48/h1-3,5-13,15-42H,4,14H2. The van der Waals surface area contributed by atoms with Crippen LogP contribution in [0.15, 0.2) is 243 Å². The van der Waals surface area contributed by atoms with E-state index < -0.39 is 0 Å². The van der Waals surface area contributed by atoms with Crippen LogP contribution in [0, 0.1) is 0 Å². The molecule has 0 bridgehead atoms. The largest absolute Gasteiger partial charge is 0.245 e. The van der Waals surface area contributed by atoms with Crippen LogP contribution in [0.4, 0.5) is 0 Å². The molecule has 6 heterocycles. The summed E-state index contributed by atoms with van der Waals surface area (Å²) in [4.78, 5) is 42.9.